The van der Waals surface area contributed by atoms with Gasteiger partial charge in [0, 0.05) is 54.4 Å². The van der Waals surface area contributed by atoms with E-state index in [-0.39, 0.29) is 10.8 Å². The number of fused-ring (bicyclic) bond motifs is 2. The number of benzene rings is 4. The quantitative estimate of drug-likeness (QED) is 0.338. The molecule has 0 spiro atoms. The average molecular weight is 602 g/mol. The van der Waals surface area contributed by atoms with E-state index in [1.807, 2.05) is 42.5 Å². The Hall–Kier alpha value is -4.12. The lowest BCUT2D eigenvalue weighted by atomic mass is 9.86. The lowest BCUT2D eigenvalue weighted by Crippen LogP contribution is -2.53. The third-order valence-corrected chi connectivity index (χ3v) is 9.80. The molecule has 2 N–H and O–H groups in total. The summed E-state index contributed by atoms with van der Waals surface area (Å²) in [4.78, 5) is 17.8. The van der Waals surface area contributed by atoms with Crippen LogP contribution in [0, 0.1) is 0 Å². The Morgan fingerprint density at radius 1 is 0.953 bits per heavy atom. The molecule has 43 heavy (non-hydrogen) atoms. The van der Waals surface area contributed by atoms with Crippen LogP contribution in [0.25, 0.3) is 10.8 Å². The molecule has 1 amide bonds. The van der Waals surface area contributed by atoms with Gasteiger partial charge in [0.25, 0.3) is 5.91 Å². The molecule has 224 valence electrons. The van der Waals surface area contributed by atoms with E-state index in [1.165, 1.54) is 0 Å². The van der Waals surface area contributed by atoms with Crippen LogP contribution in [0.2, 0.25) is 0 Å². The number of methoxy groups -OCH3 is 1. The number of carbonyl (C=O) groups excluding carboxylic acids is 1. The Labute approximate surface area is 251 Å². The molecule has 0 saturated carbocycles. The van der Waals surface area contributed by atoms with Crippen LogP contribution in [-0.2, 0) is 10.0 Å². The largest absolute Gasteiger partial charge is 0.497 e. The Morgan fingerprint density at radius 3 is 2.44 bits per heavy atom. The van der Waals surface area contributed by atoms with Crippen molar-refractivity contribution >= 4 is 32.4 Å². The second-order valence-electron chi connectivity index (χ2n) is 11.5. The number of aliphatic hydroxyl groups excluding tert-OH is 1. The van der Waals surface area contributed by atoms with Crippen molar-refractivity contribution in [1.29, 1.82) is 0 Å². The fraction of sp³-hybridized carbons (Fsp3) is 0.303. The molecular weight excluding hydrogens is 566 g/mol. The molecule has 2 aliphatic heterocycles. The summed E-state index contributed by atoms with van der Waals surface area (Å²) in [5.74, 6) is 1.03. The first-order chi connectivity index (χ1) is 20.6. The van der Waals surface area contributed by atoms with Gasteiger partial charge >= 0.3 is 0 Å². The number of piperazine rings is 1. The van der Waals surface area contributed by atoms with Gasteiger partial charge in [-0.2, -0.15) is 0 Å². The van der Waals surface area contributed by atoms with Crippen LogP contribution in [0.5, 0.6) is 11.5 Å². The first kappa shape index (κ1) is 29.0. The van der Waals surface area contributed by atoms with Crippen molar-refractivity contribution in [3.63, 3.8) is 0 Å². The Balaban J connectivity index is 1.26. The average Bonchev–Trinajstić information content (AvgIpc) is 3.02. The number of amides is 1. The van der Waals surface area contributed by atoms with Gasteiger partial charge in [-0.25, -0.2) is 13.1 Å². The first-order valence-corrected chi connectivity index (χ1v) is 15.7. The predicted octanol–water partition coefficient (Wildman–Crippen LogP) is 4.36. The highest BCUT2D eigenvalue weighted by molar-refractivity contribution is 7.89. The Bertz CT molecular complexity index is 1780. The van der Waals surface area contributed by atoms with E-state index in [0.29, 0.717) is 48.4 Å². The van der Waals surface area contributed by atoms with Gasteiger partial charge in [0.1, 0.15) is 23.2 Å². The fourth-order valence-electron chi connectivity index (χ4n) is 5.88. The van der Waals surface area contributed by atoms with E-state index < -0.39 is 27.8 Å². The molecule has 0 radical (unpaired) electrons. The molecule has 10 heteroatoms. The van der Waals surface area contributed by atoms with Gasteiger partial charge in [-0.3, -0.25) is 4.79 Å². The van der Waals surface area contributed by atoms with E-state index in [2.05, 4.69) is 9.62 Å². The van der Waals surface area contributed by atoms with Crippen molar-refractivity contribution in [2.24, 2.45) is 0 Å². The molecule has 1 saturated heterocycles. The summed E-state index contributed by atoms with van der Waals surface area (Å²) < 4.78 is 41.8. The zero-order valence-electron chi connectivity index (χ0n) is 24.4. The second kappa shape index (κ2) is 11.2. The molecule has 0 bridgehead atoms. The zero-order valence-corrected chi connectivity index (χ0v) is 25.2. The molecule has 6 rings (SSSR count). The summed E-state index contributed by atoms with van der Waals surface area (Å²) in [6.45, 7) is 5.79. The van der Waals surface area contributed by atoms with Crippen LogP contribution in [0.15, 0.2) is 89.8 Å². The van der Waals surface area contributed by atoms with Gasteiger partial charge in [0.05, 0.1) is 18.0 Å². The number of hydrogen-bond donors (Lipinski definition) is 2. The lowest BCUT2D eigenvalue weighted by Gasteiger charge is -2.42. The monoisotopic (exact) mass is 601 g/mol. The zero-order chi connectivity index (χ0) is 30.4. The third kappa shape index (κ3) is 5.53. The fourth-order valence-corrected chi connectivity index (χ4v) is 7.33. The molecule has 0 aromatic heterocycles. The summed E-state index contributed by atoms with van der Waals surface area (Å²) in [7, 11) is -2.44. The van der Waals surface area contributed by atoms with Crippen LogP contribution in [0.1, 0.15) is 35.8 Å². The number of nitrogens with one attached hydrogen (secondary N) is 1. The highest BCUT2D eigenvalue weighted by Crippen LogP contribution is 2.41. The van der Waals surface area contributed by atoms with E-state index in [1.54, 1.807) is 68.3 Å². The van der Waals surface area contributed by atoms with Gasteiger partial charge < -0.3 is 24.4 Å². The predicted molar refractivity (Wildman–Crippen MR) is 165 cm³/mol. The van der Waals surface area contributed by atoms with E-state index in [4.69, 9.17) is 9.47 Å². The van der Waals surface area contributed by atoms with E-state index >= 15 is 0 Å². The van der Waals surface area contributed by atoms with Gasteiger partial charge in [0.15, 0.2) is 0 Å². The minimum Gasteiger partial charge on any atom is -0.497 e. The lowest BCUT2D eigenvalue weighted by molar-refractivity contribution is -0.0603. The maximum absolute atomic E-state index is 13.8. The van der Waals surface area contributed by atoms with E-state index in [9.17, 15) is 18.3 Å². The van der Waals surface area contributed by atoms with Crippen LogP contribution in [0.4, 0.5) is 5.69 Å². The highest BCUT2D eigenvalue weighted by atomic mass is 32.2. The van der Waals surface area contributed by atoms with Gasteiger partial charge in [-0.1, -0.05) is 42.5 Å². The number of anilines is 1. The SMILES string of the molecule is COc1cccc(N2CCN(C(=O)c3ccc4c(c3)[C@@H](NS(=O)(=O)c3cccc5ccccc35)[C@H](O)C(C)(C)O4)CC2)c1. The van der Waals surface area contributed by atoms with Crippen molar-refractivity contribution in [3.8, 4) is 11.5 Å². The molecule has 4 aromatic rings. The second-order valence-corrected chi connectivity index (χ2v) is 13.1. The van der Waals surface area contributed by atoms with Gasteiger partial charge in [-0.15, -0.1) is 0 Å². The van der Waals surface area contributed by atoms with Crippen molar-refractivity contribution in [1.82, 2.24) is 9.62 Å². The van der Waals surface area contributed by atoms with Crippen molar-refractivity contribution in [2.75, 3.05) is 38.2 Å². The van der Waals surface area contributed by atoms with Crippen LogP contribution < -0.4 is 19.1 Å². The summed E-state index contributed by atoms with van der Waals surface area (Å²) in [5.41, 5.74) is 0.770. The third-order valence-electron chi connectivity index (χ3n) is 8.30. The molecule has 2 aliphatic rings. The van der Waals surface area contributed by atoms with Gasteiger partial charge in [-0.05, 0) is 55.6 Å². The maximum atomic E-state index is 13.8. The molecule has 2 heterocycles. The molecule has 4 aromatic carbocycles. The number of sulfonamides is 1. The summed E-state index contributed by atoms with van der Waals surface area (Å²) >= 11 is 0. The van der Waals surface area contributed by atoms with Crippen LogP contribution >= 0.6 is 0 Å². The number of aliphatic hydroxyl groups is 1. The minimum absolute atomic E-state index is 0.116. The maximum Gasteiger partial charge on any atom is 0.253 e. The summed E-state index contributed by atoms with van der Waals surface area (Å²) in [5, 5.41) is 12.7. The molecular formula is C33H35N3O6S. The Kier molecular flexibility index (Phi) is 7.53. The first-order valence-electron chi connectivity index (χ1n) is 14.3. The van der Waals surface area contributed by atoms with Crippen molar-refractivity contribution in [2.45, 2.75) is 36.5 Å². The number of hydrogen-bond acceptors (Lipinski definition) is 7. The summed E-state index contributed by atoms with van der Waals surface area (Å²) in [6.07, 6.45) is -1.22. The highest BCUT2D eigenvalue weighted by Gasteiger charge is 2.45. The molecule has 2 atom stereocenters. The number of ether oxygens (including phenoxy) is 2. The van der Waals surface area contributed by atoms with Crippen molar-refractivity contribution in [3.05, 3.63) is 96.1 Å². The van der Waals surface area contributed by atoms with E-state index in [0.717, 1.165) is 16.8 Å². The normalized spacial score (nSPS) is 19.9. The Morgan fingerprint density at radius 2 is 1.67 bits per heavy atom. The molecule has 1 fully saturated rings. The number of nitrogens with zero attached hydrogens (tertiary/aromatic N) is 2. The topological polar surface area (TPSA) is 108 Å². The molecule has 0 aliphatic carbocycles. The van der Waals surface area contributed by atoms with Crippen molar-refractivity contribution < 1.29 is 27.8 Å². The van der Waals surface area contributed by atoms with Crippen LogP contribution in [-0.4, -0.2) is 69.3 Å². The molecule has 9 nitrogen and oxygen atoms in total. The number of carbonyl (C=O) groups is 1. The number of rotatable bonds is 6. The standard InChI is InChI=1S/C33H35N3O6S/c1-33(2)31(37)30(34-43(39,40)29-13-6-9-22-8-4-5-12-26(22)29)27-20-23(14-15-28(27)42-33)32(38)36-18-16-35(17-19-36)24-10-7-11-25(21-24)41-3/h4-15,20-21,30-31,34,37H,16-19H2,1-3H3/t30-,31+/m1/s1. The smallest absolute Gasteiger partial charge is 0.253 e. The van der Waals surface area contributed by atoms with Crippen LogP contribution in [0.3, 0.4) is 0 Å². The minimum atomic E-state index is -4.08. The summed E-state index contributed by atoms with van der Waals surface area (Å²) in [6, 6.07) is 24.2. The molecule has 0 unspecified atom stereocenters. The van der Waals surface area contributed by atoms with Gasteiger partial charge in [0.2, 0.25) is 10.0 Å².